The molecule has 0 bridgehead atoms. The molecule has 4 unspecified atom stereocenters. The number of aliphatic carboxylic acids is 1. The van der Waals surface area contributed by atoms with Crippen LogP contribution in [0.2, 0.25) is 0 Å². The van der Waals surface area contributed by atoms with Crippen molar-refractivity contribution in [1.82, 2.24) is 4.72 Å². The van der Waals surface area contributed by atoms with Gasteiger partial charge < -0.3 is 19.7 Å². The Labute approximate surface area is 190 Å². The number of aliphatic hydroxyl groups is 1. The summed E-state index contributed by atoms with van der Waals surface area (Å²) in [6.45, 7) is 2.17. The van der Waals surface area contributed by atoms with Crippen molar-refractivity contribution in [3.05, 3.63) is 23.8 Å². The quantitative estimate of drug-likeness (QED) is 0.281. The minimum Gasteiger partial charge on any atom is -0.485 e. The van der Waals surface area contributed by atoms with Gasteiger partial charge in [0.05, 0.1) is 11.9 Å². The normalized spacial score (nSPS) is 22.8. The van der Waals surface area contributed by atoms with Crippen LogP contribution in [0.3, 0.4) is 0 Å². The van der Waals surface area contributed by atoms with Gasteiger partial charge >= 0.3 is 5.97 Å². The van der Waals surface area contributed by atoms with E-state index in [0.29, 0.717) is 25.0 Å². The Kier molecular flexibility index (Phi) is 8.79. The zero-order valence-corrected chi connectivity index (χ0v) is 19.5. The molecule has 0 radical (unpaired) electrons. The number of hydrogen-bond donors (Lipinski definition) is 3. The first-order valence-electron chi connectivity index (χ1n) is 11.7. The second kappa shape index (κ2) is 11.3. The number of carbonyl (C=O) groups is 1. The molecule has 1 heterocycles. The van der Waals surface area contributed by atoms with Crippen molar-refractivity contribution in [2.24, 2.45) is 0 Å². The minimum atomic E-state index is -3.81. The summed E-state index contributed by atoms with van der Waals surface area (Å²) < 4.78 is 38.5. The molecule has 4 atom stereocenters. The first-order chi connectivity index (χ1) is 15.3. The Balaban J connectivity index is 1.53. The molecule has 1 aromatic rings. The molecule has 0 saturated heterocycles. The molecule has 3 N–H and O–H groups in total. The van der Waals surface area contributed by atoms with Gasteiger partial charge in [-0.1, -0.05) is 64.0 Å². The molecule has 1 aliphatic carbocycles. The fourth-order valence-electron chi connectivity index (χ4n) is 4.53. The van der Waals surface area contributed by atoms with Gasteiger partial charge in [0.1, 0.15) is 6.10 Å². The van der Waals surface area contributed by atoms with Crippen molar-refractivity contribution in [3.8, 4) is 11.5 Å². The summed E-state index contributed by atoms with van der Waals surface area (Å²) in [6.07, 6.45) is 6.88. The second-order valence-corrected chi connectivity index (χ2v) is 10.7. The maximum Gasteiger partial charge on any atom is 0.361 e. The number of carboxylic acid groups (broad SMARTS) is 1. The van der Waals surface area contributed by atoms with Crippen molar-refractivity contribution in [2.45, 2.75) is 95.5 Å². The van der Waals surface area contributed by atoms with E-state index >= 15 is 0 Å². The summed E-state index contributed by atoms with van der Waals surface area (Å²) in [4.78, 5) is 11.7. The number of unbranched alkanes of at least 4 members (excludes halogenated alkanes) is 7. The highest BCUT2D eigenvalue weighted by Crippen LogP contribution is 2.50. The summed E-state index contributed by atoms with van der Waals surface area (Å²) in [7, 11) is -3.81. The van der Waals surface area contributed by atoms with Crippen LogP contribution in [0.4, 0.5) is 0 Å². The Morgan fingerprint density at radius 3 is 2.53 bits per heavy atom. The van der Waals surface area contributed by atoms with E-state index in [4.69, 9.17) is 9.47 Å². The van der Waals surface area contributed by atoms with Crippen molar-refractivity contribution in [3.63, 3.8) is 0 Å². The van der Waals surface area contributed by atoms with E-state index in [1.807, 2.05) is 6.07 Å². The highest BCUT2D eigenvalue weighted by Gasteiger charge is 2.43. The lowest BCUT2D eigenvalue weighted by atomic mass is 9.97. The summed E-state index contributed by atoms with van der Waals surface area (Å²) in [5.74, 6) is -0.904. The highest BCUT2D eigenvalue weighted by molar-refractivity contribution is 7.89. The average molecular weight is 470 g/mol. The molecule has 2 aliphatic rings. The molecule has 1 aliphatic heterocycles. The summed E-state index contributed by atoms with van der Waals surface area (Å²) in [5, 5.41) is 19.4. The van der Waals surface area contributed by atoms with Crippen LogP contribution in [0.15, 0.2) is 18.2 Å². The van der Waals surface area contributed by atoms with Crippen LogP contribution in [0.25, 0.3) is 0 Å². The zero-order chi connectivity index (χ0) is 23.1. The molecular formula is C23H35NO7S. The third-order valence-corrected chi connectivity index (χ3v) is 7.58. The van der Waals surface area contributed by atoms with Crippen LogP contribution < -0.4 is 14.2 Å². The number of rotatable bonds is 14. The van der Waals surface area contributed by atoms with E-state index in [2.05, 4.69) is 11.6 Å². The molecule has 0 aromatic heterocycles. The number of aliphatic hydroxyl groups excluding tert-OH is 1. The van der Waals surface area contributed by atoms with Crippen LogP contribution in [0.1, 0.15) is 82.6 Å². The first-order valence-corrected chi connectivity index (χ1v) is 13.3. The lowest BCUT2D eigenvalue weighted by Gasteiger charge is -2.19. The van der Waals surface area contributed by atoms with E-state index in [9.17, 15) is 23.4 Å². The second-order valence-electron chi connectivity index (χ2n) is 8.81. The number of sulfonamides is 1. The highest BCUT2D eigenvalue weighted by atomic mass is 32.2. The van der Waals surface area contributed by atoms with E-state index in [0.717, 1.165) is 31.2 Å². The summed E-state index contributed by atoms with van der Waals surface area (Å²) >= 11 is 0. The third-order valence-electron chi connectivity index (χ3n) is 6.18. The Bertz CT molecular complexity index is 873. The zero-order valence-electron chi connectivity index (χ0n) is 18.7. The third kappa shape index (κ3) is 6.59. The molecule has 0 amide bonds. The monoisotopic (exact) mass is 469 g/mol. The number of carboxylic acids is 1. The Morgan fingerprint density at radius 1 is 1.16 bits per heavy atom. The number of para-hydroxylation sites is 1. The fraction of sp³-hybridized carbons (Fsp3) is 0.696. The molecule has 3 rings (SSSR count). The van der Waals surface area contributed by atoms with Gasteiger partial charge in [-0.05, 0) is 18.9 Å². The SMILES string of the molecule is CCCCCCCCCCS(=O)(=O)NC(Oc1cccc2c1OC1CC(O)CC21)C(=O)O. The van der Waals surface area contributed by atoms with E-state index in [1.54, 1.807) is 12.1 Å². The van der Waals surface area contributed by atoms with Crippen LogP contribution in [-0.2, 0) is 14.8 Å². The predicted octanol–water partition coefficient (Wildman–Crippen LogP) is 3.54. The number of hydrogen-bond acceptors (Lipinski definition) is 6. The van der Waals surface area contributed by atoms with Gasteiger partial charge in [-0.25, -0.2) is 13.2 Å². The van der Waals surface area contributed by atoms with Gasteiger partial charge in [0, 0.05) is 17.9 Å². The lowest BCUT2D eigenvalue weighted by molar-refractivity contribution is -0.145. The molecule has 0 spiro atoms. The number of fused-ring (bicyclic) bond motifs is 3. The largest absolute Gasteiger partial charge is 0.485 e. The van der Waals surface area contributed by atoms with E-state index < -0.39 is 28.3 Å². The molecule has 1 fully saturated rings. The molecule has 180 valence electrons. The molecular weight excluding hydrogens is 434 g/mol. The molecule has 9 heteroatoms. The van der Waals surface area contributed by atoms with Crippen molar-refractivity contribution in [1.29, 1.82) is 0 Å². The van der Waals surface area contributed by atoms with Crippen molar-refractivity contribution in [2.75, 3.05) is 5.75 Å². The van der Waals surface area contributed by atoms with E-state index in [-0.39, 0.29) is 23.5 Å². The van der Waals surface area contributed by atoms with Crippen molar-refractivity contribution >= 4 is 16.0 Å². The Hall–Kier alpha value is -1.84. The van der Waals surface area contributed by atoms with Crippen LogP contribution in [0, 0.1) is 0 Å². The van der Waals surface area contributed by atoms with Crippen LogP contribution in [-0.4, -0.2) is 48.8 Å². The van der Waals surface area contributed by atoms with Gasteiger partial charge in [0.15, 0.2) is 11.5 Å². The van der Waals surface area contributed by atoms with Crippen LogP contribution in [0.5, 0.6) is 11.5 Å². The molecule has 32 heavy (non-hydrogen) atoms. The maximum absolute atomic E-state index is 12.4. The van der Waals surface area contributed by atoms with E-state index in [1.165, 1.54) is 19.3 Å². The minimum absolute atomic E-state index is 0.0329. The predicted molar refractivity (Wildman–Crippen MR) is 120 cm³/mol. The number of nitrogens with one attached hydrogen (secondary N) is 1. The topological polar surface area (TPSA) is 122 Å². The maximum atomic E-state index is 12.4. The average Bonchev–Trinajstić information content (AvgIpc) is 3.26. The van der Waals surface area contributed by atoms with Gasteiger partial charge in [-0.15, -0.1) is 0 Å². The Morgan fingerprint density at radius 2 is 1.84 bits per heavy atom. The first kappa shape index (κ1) is 24.8. The number of benzene rings is 1. The lowest BCUT2D eigenvalue weighted by Crippen LogP contribution is -2.45. The van der Waals surface area contributed by atoms with Gasteiger partial charge in [-0.3, -0.25) is 0 Å². The smallest absolute Gasteiger partial charge is 0.361 e. The van der Waals surface area contributed by atoms with Gasteiger partial charge in [0.25, 0.3) is 6.23 Å². The fourth-order valence-corrected chi connectivity index (χ4v) is 5.70. The molecule has 1 saturated carbocycles. The summed E-state index contributed by atoms with van der Waals surface area (Å²) in [6, 6.07) is 5.16. The standard InChI is InChI=1S/C23H35NO7S/c1-2-3-4-5-6-7-8-9-13-32(28,29)24-22(23(26)27)31-19-12-10-11-17-18-14-16(25)15-20(18)30-21(17)19/h10-12,16,18,20,22,24-25H,2-9,13-15H2,1H3,(H,26,27). The van der Waals surface area contributed by atoms with Crippen molar-refractivity contribution < 1.29 is 32.9 Å². The van der Waals surface area contributed by atoms with Crippen LogP contribution >= 0.6 is 0 Å². The van der Waals surface area contributed by atoms with Gasteiger partial charge in [-0.2, -0.15) is 4.72 Å². The number of ether oxygens (including phenoxy) is 2. The molecule has 1 aromatic carbocycles. The molecule has 8 nitrogen and oxygen atoms in total. The van der Waals surface area contributed by atoms with Gasteiger partial charge in [0.2, 0.25) is 10.0 Å². The summed E-state index contributed by atoms with van der Waals surface area (Å²) in [5.41, 5.74) is 0.856.